The third-order valence-electron chi connectivity index (χ3n) is 2.75. The predicted octanol–water partition coefficient (Wildman–Crippen LogP) is 2.08. The number of benzene rings is 1. The first-order valence-electron chi connectivity index (χ1n) is 5.08. The fraction of sp³-hybridized carbons (Fsp3) is 0.250. The lowest BCUT2D eigenvalue weighted by molar-refractivity contribution is 0.415. The second-order valence-corrected chi connectivity index (χ2v) is 3.71. The molecule has 2 rings (SSSR count). The third kappa shape index (κ3) is 1.62. The van der Waals surface area contributed by atoms with Crippen LogP contribution in [0.5, 0.6) is 5.75 Å². The average molecular weight is 217 g/mol. The maximum atomic E-state index is 5.98. The molecule has 4 nitrogen and oxygen atoms in total. The van der Waals surface area contributed by atoms with Crippen LogP contribution in [-0.4, -0.2) is 16.7 Å². The van der Waals surface area contributed by atoms with Gasteiger partial charge in [-0.3, -0.25) is 0 Å². The summed E-state index contributed by atoms with van der Waals surface area (Å²) in [6, 6.07) is 5.63. The summed E-state index contributed by atoms with van der Waals surface area (Å²) in [4.78, 5) is 4.25. The van der Waals surface area contributed by atoms with Gasteiger partial charge in [-0.2, -0.15) is 0 Å². The van der Waals surface area contributed by atoms with Gasteiger partial charge in [0.2, 0.25) is 0 Å². The summed E-state index contributed by atoms with van der Waals surface area (Å²) < 4.78 is 7.09. The average Bonchev–Trinajstić information content (AvgIpc) is 2.60. The van der Waals surface area contributed by atoms with Crippen LogP contribution in [0.3, 0.4) is 0 Å². The number of nitrogens with two attached hydrogens (primary N) is 1. The molecule has 84 valence electrons. The van der Waals surface area contributed by atoms with Gasteiger partial charge in [0.15, 0.2) is 0 Å². The Kier molecular flexibility index (Phi) is 2.56. The Morgan fingerprint density at radius 3 is 2.56 bits per heavy atom. The van der Waals surface area contributed by atoms with Crippen LogP contribution in [0.1, 0.15) is 11.4 Å². The fourth-order valence-electron chi connectivity index (χ4n) is 1.62. The van der Waals surface area contributed by atoms with Crippen LogP contribution < -0.4 is 10.5 Å². The van der Waals surface area contributed by atoms with Crippen molar-refractivity contribution in [3.8, 4) is 11.4 Å². The summed E-state index contributed by atoms with van der Waals surface area (Å²) in [6.45, 7) is 4.00. The molecule has 0 aliphatic rings. The van der Waals surface area contributed by atoms with Gasteiger partial charge in [-0.15, -0.1) is 0 Å². The molecule has 2 aromatic rings. The van der Waals surface area contributed by atoms with E-state index in [9.17, 15) is 0 Å². The Hall–Kier alpha value is -1.97. The van der Waals surface area contributed by atoms with Crippen LogP contribution in [0.4, 0.5) is 5.69 Å². The number of methoxy groups -OCH3 is 1. The van der Waals surface area contributed by atoms with Crippen LogP contribution in [-0.2, 0) is 0 Å². The normalized spacial score (nSPS) is 10.4. The third-order valence-corrected chi connectivity index (χ3v) is 2.75. The van der Waals surface area contributed by atoms with Gasteiger partial charge in [-0.25, -0.2) is 4.98 Å². The summed E-state index contributed by atoms with van der Waals surface area (Å²) in [5.74, 6) is 0.760. The van der Waals surface area contributed by atoms with Gasteiger partial charge in [0.25, 0.3) is 0 Å². The van der Waals surface area contributed by atoms with E-state index in [2.05, 4.69) is 4.98 Å². The van der Waals surface area contributed by atoms with E-state index in [1.807, 2.05) is 36.6 Å². The SMILES string of the molecule is COc1ccc(-n2cnc(C)c2C)c(N)c1. The monoisotopic (exact) mass is 217 g/mol. The summed E-state index contributed by atoms with van der Waals surface area (Å²) >= 11 is 0. The molecule has 4 heteroatoms. The lowest BCUT2D eigenvalue weighted by atomic mass is 10.2. The van der Waals surface area contributed by atoms with Crippen molar-refractivity contribution in [3.05, 3.63) is 35.9 Å². The Morgan fingerprint density at radius 2 is 2.06 bits per heavy atom. The van der Waals surface area contributed by atoms with E-state index in [1.54, 1.807) is 13.4 Å². The number of nitrogen functional groups attached to an aromatic ring is 1. The van der Waals surface area contributed by atoms with Crippen molar-refractivity contribution >= 4 is 5.69 Å². The molecule has 0 saturated carbocycles. The smallest absolute Gasteiger partial charge is 0.121 e. The summed E-state index contributed by atoms with van der Waals surface area (Å²) in [6.07, 6.45) is 1.78. The maximum Gasteiger partial charge on any atom is 0.121 e. The van der Waals surface area contributed by atoms with E-state index in [4.69, 9.17) is 10.5 Å². The Morgan fingerprint density at radius 1 is 1.31 bits per heavy atom. The van der Waals surface area contributed by atoms with Gasteiger partial charge in [0.05, 0.1) is 30.5 Å². The van der Waals surface area contributed by atoms with Crippen molar-refractivity contribution in [1.29, 1.82) is 0 Å². The molecule has 2 N–H and O–H groups in total. The van der Waals surface area contributed by atoms with Crippen molar-refractivity contribution < 1.29 is 4.74 Å². The van der Waals surface area contributed by atoms with Crippen LogP contribution in [0.25, 0.3) is 5.69 Å². The number of hydrogen-bond donors (Lipinski definition) is 1. The second kappa shape index (κ2) is 3.89. The van der Waals surface area contributed by atoms with Gasteiger partial charge in [0, 0.05) is 11.8 Å². The highest BCUT2D eigenvalue weighted by Crippen LogP contribution is 2.24. The minimum absolute atomic E-state index is 0.680. The molecule has 1 aromatic heterocycles. The van der Waals surface area contributed by atoms with Gasteiger partial charge in [0.1, 0.15) is 5.75 Å². The van der Waals surface area contributed by atoms with Gasteiger partial charge < -0.3 is 15.0 Å². The quantitative estimate of drug-likeness (QED) is 0.783. The fourth-order valence-corrected chi connectivity index (χ4v) is 1.62. The van der Waals surface area contributed by atoms with E-state index in [-0.39, 0.29) is 0 Å². The van der Waals surface area contributed by atoms with E-state index in [0.717, 1.165) is 22.8 Å². The lowest BCUT2D eigenvalue weighted by Gasteiger charge is -2.10. The summed E-state index contributed by atoms with van der Waals surface area (Å²) in [5, 5.41) is 0. The molecule has 0 radical (unpaired) electrons. The molecule has 0 aliphatic carbocycles. The van der Waals surface area contributed by atoms with E-state index < -0.39 is 0 Å². The zero-order chi connectivity index (χ0) is 11.7. The highest BCUT2D eigenvalue weighted by Gasteiger charge is 2.07. The number of rotatable bonds is 2. The number of imidazole rings is 1. The molecule has 0 amide bonds. The first kappa shape index (κ1) is 10.5. The van der Waals surface area contributed by atoms with Gasteiger partial charge >= 0.3 is 0 Å². The molecule has 1 aromatic carbocycles. The molecule has 0 atom stereocenters. The number of aromatic nitrogens is 2. The maximum absolute atomic E-state index is 5.98. The molecule has 0 aliphatic heterocycles. The molecular weight excluding hydrogens is 202 g/mol. The molecule has 16 heavy (non-hydrogen) atoms. The number of aryl methyl sites for hydroxylation is 1. The standard InChI is InChI=1S/C12H15N3O/c1-8-9(2)15(7-14-8)12-5-4-10(16-3)6-11(12)13/h4-7H,13H2,1-3H3. The number of anilines is 1. The molecule has 0 saturated heterocycles. The van der Waals surface area contributed by atoms with Crippen LogP contribution in [0.15, 0.2) is 24.5 Å². The first-order valence-corrected chi connectivity index (χ1v) is 5.08. The van der Waals surface area contributed by atoms with Crippen LogP contribution in [0.2, 0.25) is 0 Å². The van der Waals surface area contributed by atoms with Crippen LogP contribution in [0, 0.1) is 13.8 Å². The molecule has 1 heterocycles. The Bertz CT molecular complexity index is 517. The largest absolute Gasteiger partial charge is 0.497 e. The number of hydrogen-bond acceptors (Lipinski definition) is 3. The number of ether oxygens (including phenoxy) is 1. The topological polar surface area (TPSA) is 53.1 Å². The molecule has 0 fully saturated rings. The van der Waals surface area contributed by atoms with Crippen molar-refractivity contribution in [2.24, 2.45) is 0 Å². The minimum atomic E-state index is 0.680. The van der Waals surface area contributed by atoms with E-state index in [1.165, 1.54) is 0 Å². The van der Waals surface area contributed by atoms with Crippen molar-refractivity contribution in [3.63, 3.8) is 0 Å². The molecule has 0 bridgehead atoms. The molecular formula is C12H15N3O. The minimum Gasteiger partial charge on any atom is -0.497 e. The second-order valence-electron chi connectivity index (χ2n) is 3.71. The Balaban J connectivity index is 2.52. The summed E-state index contributed by atoms with van der Waals surface area (Å²) in [7, 11) is 1.63. The highest BCUT2D eigenvalue weighted by molar-refractivity contribution is 5.61. The van der Waals surface area contributed by atoms with Gasteiger partial charge in [-0.05, 0) is 26.0 Å². The predicted molar refractivity (Wildman–Crippen MR) is 64.0 cm³/mol. The summed E-state index contributed by atoms with van der Waals surface area (Å²) in [5.41, 5.74) is 9.69. The van der Waals surface area contributed by atoms with Gasteiger partial charge in [-0.1, -0.05) is 0 Å². The Labute approximate surface area is 94.7 Å². The van der Waals surface area contributed by atoms with Crippen LogP contribution >= 0.6 is 0 Å². The van der Waals surface area contributed by atoms with Crippen molar-refractivity contribution in [1.82, 2.24) is 9.55 Å². The lowest BCUT2D eigenvalue weighted by Crippen LogP contribution is -2.01. The first-order chi connectivity index (χ1) is 7.63. The molecule has 0 unspecified atom stereocenters. The molecule has 0 spiro atoms. The van der Waals surface area contributed by atoms with Crippen molar-refractivity contribution in [2.75, 3.05) is 12.8 Å². The zero-order valence-electron chi connectivity index (χ0n) is 9.69. The number of nitrogens with zero attached hydrogens (tertiary/aromatic N) is 2. The highest BCUT2D eigenvalue weighted by atomic mass is 16.5. The zero-order valence-corrected chi connectivity index (χ0v) is 9.69. The van der Waals surface area contributed by atoms with Crippen molar-refractivity contribution in [2.45, 2.75) is 13.8 Å². The van der Waals surface area contributed by atoms with E-state index >= 15 is 0 Å². The van der Waals surface area contributed by atoms with E-state index in [0.29, 0.717) is 5.69 Å².